The minimum Gasteiger partial charge on any atom is -0.484 e. The van der Waals surface area contributed by atoms with E-state index in [2.05, 4.69) is 0 Å². The number of nitrogens with zero attached hydrogens (tertiary/aromatic N) is 1. The van der Waals surface area contributed by atoms with Crippen LogP contribution in [0.1, 0.15) is 13.8 Å². The number of rotatable bonds is 5. The first-order valence-corrected chi connectivity index (χ1v) is 6.93. The summed E-state index contributed by atoms with van der Waals surface area (Å²) < 4.78 is 5.53. The lowest BCUT2D eigenvalue weighted by Crippen LogP contribution is -2.40. The largest absolute Gasteiger partial charge is 0.484 e. The van der Waals surface area contributed by atoms with Gasteiger partial charge in [-0.15, -0.1) is 0 Å². The highest BCUT2D eigenvalue weighted by atomic mass is 16.5. The zero-order valence-electron chi connectivity index (χ0n) is 12.3. The second-order valence-electron chi connectivity index (χ2n) is 5.05. The van der Waals surface area contributed by atoms with Crippen molar-refractivity contribution in [3.63, 3.8) is 0 Å². The molecule has 1 amide bonds. The van der Waals surface area contributed by atoms with E-state index in [1.165, 1.54) is 0 Å². The van der Waals surface area contributed by atoms with Gasteiger partial charge in [-0.2, -0.15) is 0 Å². The summed E-state index contributed by atoms with van der Waals surface area (Å²) in [6, 6.07) is 16.7. The lowest BCUT2D eigenvalue weighted by atomic mass is 10.2. The van der Waals surface area contributed by atoms with Crippen LogP contribution in [-0.4, -0.2) is 18.6 Å². The first-order valence-electron chi connectivity index (χ1n) is 6.93. The number of nitrogens with two attached hydrogens (primary N) is 1. The Morgan fingerprint density at radius 2 is 1.86 bits per heavy atom. The number of para-hydroxylation sites is 1. The van der Waals surface area contributed by atoms with Gasteiger partial charge in [0.15, 0.2) is 6.61 Å². The highest BCUT2D eigenvalue weighted by Crippen LogP contribution is 2.18. The highest BCUT2D eigenvalue weighted by molar-refractivity contribution is 5.94. The van der Waals surface area contributed by atoms with Crippen molar-refractivity contribution in [2.75, 3.05) is 17.2 Å². The Hall–Kier alpha value is -2.49. The molecule has 0 spiro atoms. The third kappa shape index (κ3) is 3.99. The molecule has 2 aromatic carbocycles. The second-order valence-corrected chi connectivity index (χ2v) is 5.05. The normalized spacial score (nSPS) is 10.4. The van der Waals surface area contributed by atoms with Gasteiger partial charge in [-0.05, 0) is 38.1 Å². The summed E-state index contributed by atoms with van der Waals surface area (Å²) in [6.07, 6.45) is 0. The van der Waals surface area contributed by atoms with Gasteiger partial charge in [0.1, 0.15) is 5.75 Å². The summed E-state index contributed by atoms with van der Waals surface area (Å²) in [5, 5.41) is 0. The minimum absolute atomic E-state index is 0.0173. The Kier molecular flexibility index (Phi) is 4.82. The lowest BCUT2D eigenvalue weighted by Gasteiger charge is -2.26. The second kappa shape index (κ2) is 6.79. The monoisotopic (exact) mass is 284 g/mol. The lowest BCUT2D eigenvalue weighted by molar-refractivity contribution is -0.120. The van der Waals surface area contributed by atoms with Crippen LogP contribution in [0.5, 0.6) is 5.75 Å². The van der Waals surface area contributed by atoms with E-state index in [1.54, 1.807) is 29.2 Å². The molecule has 0 heterocycles. The minimum atomic E-state index is -0.0846. The van der Waals surface area contributed by atoms with E-state index in [4.69, 9.17) is 10.5 Å². The maximum atomic E-state index is 12.4. The van der Waals surface area contributed by atoms with Gasteiger partial charge in [-0.3, -0.25) is 4.79 Å². The van der Waals surface area contributed by atoms with Crippen LogP contribution in [0.25, 0.3) is 0 Å². The van der Waals surface area contributed by atoms with Gasteiger partial charge in [-0.1, -0.05) is 24.3 Å². The van der Waals surface area contributed by atoms with Crippen molar-refractivity contribution < 1.29 is 9.53 Å². The zero-order chi connectivity index (χ0) is 15.2. The molecule has 0 saturated heterocycles. The maximum Gasteiger partial charge on any atom is 0.265 e. The van der Waals surface area contributed by atoms with Crippen LogP contribution in [0, 0.1) is 0 Å². The molecule has 2 N–H and O–H groups in total. The molecule has 0 aliphatic heterocycles. The first kappa shape index (κ1) is 14.9. The van der Waals surface area contributed by atoms with Crippen LogP contribution in [0.4, 0.5) is 11.4 Å². The van der Waals surface area contributed by atoms with Crippen molar-refractivity contribution in [1.29, 1.82) is 0 Å². The molecule has 110 valence electrons. The fourth-order valence-electron chi connectivity index (χ4n) is 2.14. The predicted molar refractivity (Wildman–Crippen MR) is 85.4 cm³/mol. The van der Waals surface area contributed by atoms with Gasteiger partial charge in [-0.25, -0.2) is 0 Å². The number of hydrogen-bond acceptors (Lipinski definition) is 3. The van der Waals surface area contributed by atoms with Crippen LogP contribution in [0.15, 0.2) is 54.6 Å². The SMILES string of the molecule is CC(C)N(C(=O)COc1cccc(N)c1)c1ccccc1. The smallest absolute Gasteiger partial charge is 0.265 e. The fraction of sp³-hybridized carbons (Fsp3) is 0.235. The maximum absolute atomic E-state index is 12.4. The number of ether oxygens (including phenoxy) is 1. The van der Waals surface area contributed by atoms with Crippen LogP contribution >= 0.6 is 0 Å². The summed E-state index contributed by atoms with van der Waals surface area (Å²) in [7, 11) is 0. The standard InChI is InChI=1S/C17H20N2O2/c1-13(2)19(15-8-4-3-5-9-15)17(20)12-21-16-10-6-7-14(18)11-16/h3-11,13H,12,18H2,1-2H3. The number of anilines is 2. The van der Waals surface area contributed by atoms with E-state index >= 15 is 0 Å². The summed E-state index contributed by atoms with van der Waals surface area (Å²) in [5.74, 6) is 0.513. The molecule has 21 heavy (non-hydrogen) atoms. The zero-order valence-corrected chi connectivity index (χ0v) is 12.3. The van der Waals surface area contributed by atoms with Crippen molar-refractivity contribution >= 4 is 17.3 Å². The Morgan fingerprint density at radius 3 is 2.48 bits per heavy atom. The topological polar surface area (TPSA) is 55.6 Å². The summed E-state index contributed by atoms with van der Waals surface area (Å²) in [6.45, 7) is 3.94. The van der Waals surface area contributed by atoms with Gasteiger partial charge in [0.2, 0.25) is 0 Å². The number of nitrogen functional groups attached to an aromatic ring is 1. The molecule has 4 heteroatoms. The highest BCUT2D eigenvalue weighted by Gasteiger charge is 2.19. The Balaban J connectivity index is 2.06. The molecule has 0 bridgehead atoms. The van der Waals surface area contributed by atoms with Crippen molar-refractivity contribution in [2.24, 2.45) is 0 Å². The van der Waals surface area contributed by atoms with E-state index < -0.39 is 0 Å². The molecule has 4 nitrogen and oxygen atoms in total. The van der Waals surface area contributed by atoms with E-state index in [0.717, 1.165) is 5.69 Å². The molecule has 0 aliphatic rings. The molecule has 0 unspecified atom stereocenters. The van der Waals surface area contributed by atoms with Crippen molar-refractivity contribution in [1.82, 2.24) is 0 Å². The Bertz CT molecular complexity index is 597. The van der Waals surface area contributed by atoms with Crippen molar-refractivity contribution in [3.8, 4) is 5.75 Å². The molecule has 2 aromatic rings. The van der Waals surface area contributed by atoms with Crippen LogP contribution in [0.2, 0.25) is 0 Å². The van der Waals surface area contributed by atoms with Crippen LogP contribution in [0.3, 0.4) is 0 Å². The van der Waals surface area contributed by atoms with Gasteiger partial charge >= 0.3 is 0 Å². The van der Waals surface area contributed by atoms with Crippen molar-refractivity contribution in [2.45, 2.75) is 19.9 Å². The predicted octanol–water partition coefficient (Wildman–Crippen LogP) is 3.09. The van der Waals surface area contributed by atoms with Gasteiger partial charge in [0.05, 0.1) is 0 Å². The third-order valence-electron chi connectivity index (χ3n) is 3.04. The first-order chi connectivity index (χ1) is 10.1. The quantitative estimate of drug-likeness (QED) is 0.858. The number of benzene rings is 2. The molecular weight excluding hydrogens is 264 g/mol. The van der Waals surface area contributed by atoms with E-state index in [9.17, 15) is 4.79 Å². The molecule has 2 rings (SSSR count). The number of carbonyl (C=O) groups excluding carboxylic acids is 1. The summed E-state index contributed by atoms with van der Waals surface area (Å²) >= 11 is 0. The van der Waals surface area contributed by atoms with Crippen LogP contribution in [-0.2, 0) is 4.79 Å². The van der Waals surface area contributed by atoms with E-state index in [1.807, 2.05) is 44.2 Å². The molecule has 0 fully saturated rings. The van der Waals surface area contributed by atoms with Gasteiger partial charge in [0, 0.05) is 23.5 Å². The third-order valence-corrected chi connectivity index (χ3v) is 3.04. The summed E-state index contributed by atoms with van der Waals surface area (Å²) in [5.41, 5.74) is 7.17. The molecule has 0 radical (unpaired) electrons. The number of carbonyl (C=O) groups is 1. The Morgan fingerprint density at radius 1 is 1.14 bits per heavy atom. The number of amides is 1. The van der Waals surface area contributed by atoms with Crippen LogP contribution < -0.4 is 15.4 Å². The average Bonchev–Trinajstić information content (AvgIpc) is 2.46. The van der Waals surface area contributed by atoms with Gasteiger partial charge in [0.25, 0.3) is 5.91 Å². The molecule has 0 atom stereocenters. The number of hydrogen-bond donors (Lipinski definition) is 1. The molecule has 0 aromatic heterocycles. The Labute approximate surface area is 125 Å². The fourth-order valence-corrected chi connectivity index (χ4v) is 2.14. The van der Waals surface area contributed by atoms with Crippen molar-refractivity contribution in [3.05, 3.63) is 54.6 Å². The van der Waals surface area contributed by atoms with E-state index in [-0.39, 0.29) is 18.6 Å². The summed E-state index contributed by atoms with van der Waals surface area (Å²) in [4.78, 5) is 14.1. The van der Waals surface area contributed by atoms with E-state index in [0.29, 0.717) is 11.4 Å². The molecule has 0 aliphatic carbocycles. The molecule has 0 saturated carbocycles. The molecular formula is C17H20N2O2. The van der Waals surface area contributed by atoms with Gasteiger partial charge < -0.3 is 15.4 Å². The average molecular weight is 284 g/mol.